The van der Waals surface area contributed by atoms with Gasteiger partial charge in [0.15, 0.2) is 5.82 Å². The van der Waals surface area contributed by atoms with E-state index in [1.807, 2.05) is 31.2 Å². The molecule has 0 radical (unpaired) electrons. The summed E-state index contributed by atoms with van der Waals surface area (Å²) in [5.74, 6) is 0.123. The van der Waals surface area contributed by atoms with Crippen LogP contribution in [0.5, 0.6) is 0 Å². The molecule has 0 amide bonds. The van der Waals surface area contributed by atoms with E-state index in [1.54, 1.807) is 6.20 Å². The van der Waals surface area contributed by atoms with E-state index in [9.17, 15) is 8.78 Å². The molecule has 1 saturated heterocycles. The predicted molar refractivity (Wildman–Crippen MR) is 99.4 cm³/mol. The maximum atomic E-state index is 14.0. The number of nitrogens with one attached hydrogen (secondary N) is 1. The summed E-state index contributed by atoms with van der Waals surface area (Å²) < 4.78 is 27.7. The van der Waals surface area contributed by atoms with Gasteiger partial charge >= 0.3 is 0 Å². The van der Waals surface area contributed by atoms with Crippen LogP contribution in [0.2, 0.25) is 0 Å². The zero-order valence-electron chi connectivity index (χ0n) is 14.5. The highest BCUT2D eigenvalue weighted by Gasteiger charge is 2.24. The van der Waals surface area contributed by atoms with Gasteiger partial charge in [0.2, 0.25) is 0 Å². The first-order valence-corrected chi connectivity index (χ1v) is 8.76. The monoisotopic (exact) mass is 354 g/mol. The van der Waals surface area contributed by atoms with Crippen LogP contribution in [0.15, 0.2) is 42.6 Å². The lowest BCUT2D eigenvalue weighted by atomic mass is 10.1. The molecule has 4 nitrogen and oxygen atoms in total. The van der Waals surface area contributed by atoms with Crippen LogP contribution in [-0.4, -0.2) is 29.6 Å². The van der Waals surface area contributed by atoms with Crippen LogP contribution < -0.4 is 10.2 Å². The number of aryl methyl sites for hydroxylation is 1. The number of nitrogens with zero attached hydrogens (tertiary/aromatic N) is 3. The van der Waals surface area contributed by atoms with Crippen LogP contribution in [0.3, 0.4) is 0 Å². The van der Waals surface area contributed by atoms with Crippen LogP contribution in [0, 0.1) is 24.5 Å². The summed E-state index contributed by atoms with van der Waals surface area (Å²) in [7, 11) is 0. The van der Waals surface area contributed by atoms with E-state index >= 15 is 0 Å². The topological polar surface area (TPSA) is 41.0 Å². The Hall–Kier alpha value is -2.76. The number of aromatic nitrogens is 2. The van der Waals surface area contributed by atoms with E-state index in [0.717, 1.165) is 49.3 Å². The Morgan fingerprint density at radius 1 is 1.23 bits per heavy atom. The number of fused-ring (bicyclic) bond motifs is 1. The second kappa shape index (κ2) is 6.86. The molecule has 0 bridgehead atoms. The van der Waals surface area contributed by atoms with Gasteiger partial charge in [0.1, 0.15) is 17.2 Å². The van der Waals surface area contributed by atoms with Gasteiger partial charge in [-0.3, -0.25) is 4.98 Å². The summed E-state index contributed by atoms with van der Waals surface area (Å²) >= 11 is 0. The van der Waals surface area contributed by atoms with Crippen molar-refractivity contribution in [3.05, 3.63) is 59.9 Å². The summed E-state index contributed by atoms with van der Waals surface area (Å²) in [6, 6.07) is 9.99. The SMILES string of the molecule is Cc1cccc(NCC2CCN(c3ccnc4c(F)cc(F)cc34)C2)n1. The van der Waals surface area contributed by atoms with Crippen molar-refractivity contribution in [3.8, 4) is 0 Å². The fraction of sp³-hybridized carbons (Fsp3) is 0.300. The molecular weight excluding hydrogens is 334 g/mol. The summed E-state index contributed by atoms with van der Waals surface area (Å²) in [5.41, 5.74) is 2.04. The predicted octanol–water partition coefficient (Wildman–Crippen LogP) is 4.15. The number of anilines is 2. The Kier molecular flexibility index (Phi) is 4.41. The van der Waals surface area contributed by atoms with E-state index in [0.29, 0.717) is 11.3 Å². The first kappa shape index (κ1) is 16.7. The number of halogens is 2. The largest absolute Gasteiger partial charge is 0.371 e. The van der Waals surface area contributed by atoms with Gasteiger partial charge in [0.25, 0.3) is 0 Å². The van der Waals surface area contributed by atoms with Gasteiger partial charge in [0, 0.05) is 48.7 Å². The highest BCUT2D eigenvalue weighted by atomic mass is 19.1. The Balaban J connectivity index is 1.49. The maximum Gasteiger partial charge on any atom is 0.152 e. The van der Waals surface area contributed by atoms with Crippen molar-refractivity contribution in [2.24, 2.45) is 5.92 Å². The summed E-state index contributed by atoms with van der Waals surface area (Å²) in [6.45, 7) is 4.47. The lowest BCUT2D eigenvalue weighted by molar-refractivity contribution is 0.590. The standard InChI is InChI=1S/C20H20F2N4/c1-13-3-2-4-19(25-13)24-11-14-6-8-26(12-14)18-5-7-23-20-16(18)9-15(21)10-17(20)22/h2-5,7,9-10,14H,6,8,11-12H2,1H3,(H,24,25). The third-order valence-electron chi connectivity index (χ3n) is 4.83. The molecule has 1 aliphatic heterocycles. The second-order valence-electron chi connectivity index (χ2n) is 6.76. The van der Waals surface area contributed by atoms with Crippen LogP contribution in [-0.2, 0) is 0 Å². The molecule has 2 aromatic heterocycles. The third kappa shape index (κ3) is 3.31. The maximum absolute atomic E-state index is 14.0. The summed E-state index contributed by atoms with van der Waals surface area (Å²) in [4.78, 5) is 10.7. The molecule has 3 heterocycles. The number of benzene rings is 1. The van der Waals surface area contributed by atoms with E-state index < -0.39 is 11.6 Å². The highest BCUT2D eigenvalue weighted by Crippen LogP contribution is 2.31. The zero-order chi connectivity index (χ0) is 18.1. The molecular formula is C20H20F2N4. The Morgan fingerprint density at radius 3 is 2.96 bits per heavy atom. The molecule has 1 fully saturated rings. The molecule has 1 aromatic carbocycles. The zero-order valence-corrected chi connectivity index (χ0v) is 14.5. The average molecular weight is 354 g/mol. The Labute approximate surface area is 150 Å². The second-order valence-corrected chi connectivity index (χ2v) is 6.76. The van der Waals surface area contributed by atoms with Crippen molar-refractivity contribution in [3.63, 3.8) is 0 Å². The molecule has 1 aliphatic rings. The minimum absolute atomic E-state index is 0.217. The number of rotatable bonds is 4. The normalized spacial score (nSPS) is 17.0. The van der Waals surface area contributed by atoms with E-state index in [1.165, 1.54) is 6.07 Å². The van der Waals surface area contributed by atoms with Crippen molar-refractivity contribution >= 4 is 22.4 Å². The molecule has 0 spiro atoms. The van der Waals surface area contributed by atoms with Gasteiger partial charge in [0.05, 0.1) is 0 Å². The first-order chi connectivity index (χ1) is 12.6. The molecule has 3 aromatic rings. The number of hydrogen-bond acceptors (Lipinski definition) is 4. The molecule has 6 heteroatoms. The van der Waals surface area contributed by atoms with Crippen molar-refractivity contribution in [2.75, 3.05) is 29.9 Å². The number of hydrogen-bond donors (Lipinski definition) is 1. The lowest BCUT2D eigenvalue weighted by Crippen LogP contribution is -2.23. The van der Waals surface area contributed by atoms with Gasteiger partial charge in [-0.25, -0.2) is 13.8 Å². The Morgan fingerprint density at radius 2 is 2.12 bits per heavy atom. The quantitative estimate of drug-likeness (QED) is 0.764. The smallest absolute Gasteiger partial charge is 0.152 e. The average Bonchev–Trinajstić information content (AvgIpc) is 3.08. The molecule has 1 unspecified atom stereocenters. The van der Waals surface area contributed by atoms with Crippen molar-refractivity contribution in [1.82, 2.24) is 9.97 Å². The van der Waals surface area contributed by atoms with Crippen LogP contribution in [0.1, 0.15) is 12.1 Å². The fourth-order valence-electron chi connectivity index (χ4n) is 3.55. The molecule has 4 rings (SSSR count). The third-order valence-corrected chi connectivity index (χ3v) is 4.83. The van der Waals surface area contributed by atoms with Gasteiger partial charge in [-0.1, -0.05) is 6.07 Å². The molecule has 0 aliphatic carbocycles. The molecule has 26 heavy (non-hydrogen) atoms. The highest BCUT2D eigenvalue weighted by molar-refractivity contribution is 5.92. The van der Waals surface area contributed by atoms with E-state index in [4.69, 9.17) is 0 Å². The summed E-state index contributed by atoms with van der Waals surface area (Å²) in [6.07, 6.45) is 2.60. The summed E-state index contributed by atoms with van der Waals surface area (Å²) in [5, 5.41) is 3.91. The van der Waals surface area contributed by atoms with Gasteiger partial charge < -0.3 is 10.2 Å². The Bertz CT molecular complexity index is 944. The molecule has 134 valence electrons. The van der Waals surface area contributed by atoms with E-state index in [-0.39, 0.29) is 5.52 Å². The van der Waals surface area contributed by atoms with Gasteiger partial charge in [-0.05, 0) is 43.5 Å². The van der Waals surface area contributed by atoms with Crippen molar-refractivity contribution in [2.45, 2.75) is 13.3 Å². The van der Waals surface area contributed by atoms with Crippen molar-refractivity contribution in [1.29, 1.82) is 0 Å². The minimum Gasteiger partial charge on any atom is -0.371 e. The molecule has 1 N–H and O–H groups in total. The van der Waals surface area contributed by atoms with Crippen LogP contribution in [0.4, 0.5) is 20.3 Å². The molecule has 1 atom stereocenters. The van der Waals surface area contributed by atoms with Crippen LogP contribution >= 0.6 is 0 Å². The molecule has 0 saturated carbocycles. The lowest BCUT2D eigenvalue weighted by Gasteiger charge is -2.21. The van der Waals surface area contributed by atoms with Gasteiger partial charge in [-0.15, -0.1) is 0 Å². The first-order valence-electron chi connectivity index (χ1n) is 8.76. The van der Waals surface area contributed by atoms with Gasteiger partial charge in [-0.2, -0.15) is 0 Å². The fourth-order valence-corrected chi connectivity index (χ4v) is 3.55. The minimum atomic E-state index is -0.621. The van der Waals surface area contributed by atoms with Crippen molar-refractivity contribution < 1.29 is 8.78 Å². The van der Waals surface area contributed by atoms with E-state index in [2.05, 4.69) is 20.2 Å². The number of pyridine rings is 2. The van der Waals surface area contributed by atoms with Crippen LogP contribution in [0.25, 0.3) is 10.9 Å².